The maximum atomic E-state index is 11.3. The number of nitrogens with zero attached hydrogens (tertiary/aromatic N) is 4. The molecule has 2 heterocycles. The Hall–Kier alpha value is -1.34. The molecule has 2 aromatic heterocycles. The van der Waals surface area contributed by atoms with Gasteiger partial charge in [0.2, 0.25) is 0 Å². The van der Waals surface area contributed by atoms with E-state index < -0.39 is 0 Å². The van der Waals surface area contributed by atoms with E-state index in [9.17, 15) is 4.79 Å². The van der Waals surface area contributed by atoms with Gasteiger partial charge in [0.25, 0.3) is 0 Å². The molecule has 0 aliphatic carbocycles. The van der Waals surface area contributed by atoms with Crippen LogP contribution in [0.5, 0.6) is 0 Å². The van der Waals surface area contributed by atoms with Crippen LogP contribution in [0.25, 0.3) is 0 Å². The van der Waals surface area contributed by atoms with E-state index in [1.165, 1.54) is 22.5 Å². The maximum Gasteiger partial charge on any atom is 0.343 e. The predicted molar refractivity (Wildman–Crippen MR) is 59.7 cm³/mol. The van der Waals surface area contributed by atoms with Gasteiger partial charge in [-0.3, -0.25) is 9.55 Å². The van der Waals surface area contributed by atoms with E-state index in [0.29, 0.717) is 21.9 Å². The Balaban J connectivity index is 2.30. The van der Waals surface area contributed by atoms with Crippen LogP contribution in [0.4, 0.5) is 0 Å². The van der Waals surface area contributed by atoms with Crippen molar-refractivity contribution in [2.75, 3.05) is 0 Å². The second kappa shape index (κ2) is 4.67. The lowest BCUT2D eigenvalue weighted by Crippen LogP contribution is -2.16. The van der Waals surface area contributed by atoms with Gasteiger partial charge in [-0.1, -0.05) is 11.6 Å². The summed E-state index contributed by atoms with van der Waals surface area (Å²) in [6, 6.07) is 0. The molecule has 0 aromatic carbocycles. The first-order valence-corrected chi connectivity index (χ1v) is 5.70. The lowest BCUT2D eigenvalue weighted by molar-refractivity contribution is 0.660. The molecular weight excluding hydrogens is 250 g/mol. The number of aromatic amines is 1. The molecule has 2 rings (SSSR count). The van der Waals surface area contributed by atoms with E-state index in [1.807, 2.05) is 6.92 Å². The number of nitrogens with one attached hydrogen (secondary N) is 1. The topological polar surface area (TPSA) is 76.5 Å². The van der Waals surface area contributed by atoms with Crippen molar-refractivity contribution in [2.45, 2.75) is 23.7 Å². The second-order valence-corrected chi connectivity index (χ2v) is 4.21. The quantitative estimate of drug-likeness (QED) is 0.894. The highest BCUT2D eigenvalue weighted by Crippen LogP contribution is 2.22. The van der Waals surface area contributed by atoms with Crippen molar-refractivity contribution in [3.63, 3.8) is 0 Å². The van der Waals surface area contributed by atoms with Crippen LogP contribution in [0, 0.1) is 0 Å². The summed E-state index contributed by atoms with van der Waals surface area (Å²) < 4.78 is 1.51. The van der Waals surface area contributed by atoms with Gasteiger partial charge in [-0.05, 0) is 18.7 Å². The van der Waals surface area contributed by atoms with Crippen molar-refractivity contribution in [1.29, 1.82) is 0 Å². The first kappa shape index (κ1) is 11.2. The number of H-pyrrole nitrogens is 1. The summed E-state index contributed by atoms with van der Waals surface area (Å²) in [5.41, 5.74) is -0.236. The molecule has 0 bridgehead atoms. The Morgan fingerprint density at radius 3 is 3.06 bits per heavy atom. The molecule has 0 spiro atoms. The molecule has 0 radical (unpaired) electrons. The minimum Gasteiger partial charge on any atom is -0.270 e. The molecule has 2 aromatic rings. The van der Waals surface area contributed by atoms with Gasteiger partial charge in [0.1, 0.15) is 10.2 Å². The van der Waals surface area contributed by atoms with E-state index in [4.69, 9.17) is 11.6 Å². The molecule has 16 heavy (non-hydrogen) atoms. The fraction of sp³-hybridized carbons (Fsp3) is 0.250. The summed E-state index contributed by atoms with van der Waals surface area (Å²) >= 11 is 6.94. The first-order chi connectivity index (χ1) is 7.70. The van der Waals surface area contributed by atoms with E-state index in [0.717, 1.165) is 0 Å². The highest BCUT2D eigenvalue weighted by molar-refractivity contribution is 7.99. The molecule has 84 valence electrons. The Labute approximate surface area is 100 Å². The Bertz CT molecular complexity index is 551. The van der Waals surface area contributed by atoms with E-state index in [2.05, 4.69) is 20.2 Å². The summed E-state index contributed by atoms with van der Waals surface area (Å²) in [4.78, 5) is 19.2. The van der Waals surface area contributed by atoms with Crippen molar-refractivity contribution >= 4 is 23.4 Å². The van der Waals surface area contributed by atoms with Gasteiger partial charge >= 0.3 is 5.69 Å². The largest absolute Gasteiger partial charge is 0.343 e. The SMILES string of the molecule is CCn1c(Sc2cncc(Cl)n2)n[nH]c1=O. The molecule has 0 saturated carbocycles. The second-order valence-electron chi connectivity index (χ2n) is 2.84. The number of aromatic nitrogens is 5. The van der Waals surface area contributed by atoms with Crippen molar-refractivity contribution < 1.29 is 0 Å². The van der Waals surface area contributed by atoms with Crippen LogP contribution < -0.4 is 5.69 Å². The van der Waals surface area contributed by atoms with E-state index >= 15 is 0 Å². The molecule has 0 aliphatic heterocycles. The summed E-state index contributed by atoms with van der Waals surface area (Å²) in [6.07, 6.45) is 3.01. The highest BCUT2D eigenvalue weighted by atomic mass is 35.5. The average Bonchev–Trinajstić information content (AvgIpc) is 2.59. The van der Waals surface area contributed by atoms with E-state index in [1.54, 1.807) is 6.20 Å². The maximum absolute atomic E-state index is 11.3. The summed E-state index contributed by atoms with van der Waals surface area (Å²) in [5, 5.41) is 7.72. The number of hydrogen-bond acceptors (Lipinski definition) is 5. The van der Waals surface area contributed by atoms with Crippen LogP contribution in [0.3, 0.4) is 0 Å². The van der Waals surface area contributed by atoms with Gasteiger partial charge in [-0.25, -0.2) is 14.9 Å². The van der Waals surface area contributed by atoms with Crippen LogP contribution in [-0.2, 0) is 6.54 Å². The standard InChI is InChI=1S/C8H8ClN5OS/c1-2-14-7(15)12-13-8(14)16-6-4-10-3-5(9)11-6/h3-4H,2H2,1H3,(H,12,15). The van der Waals surface area contributed by atoms with Gasteiger partial charge in [0.05, 0.1) is 12.4 Å². The van der Waals surface area contributed by atoms with Gasteiger partial charge in [0.15, 0.2) is 5.16 Å². The zero-order valence-corrected chi connectivity index (χ0v) is 9.92. The Kier molecular flexibility index (Phi) is 3.25. The van der Waals surface area contributed by atoms with E-state index in [-0.39, 0.29) is 5.69 Å². The fourth-order valence-corrected chi connectivity index (χ4v) is 2.18. The van der Waals surface area contributed by atoms with Gasteiger partial charge in [-0.2, -0.15) is 0 Å². The van der Waals surface area contributed by atoms with Crippen molar-refractivity contribution in [3.8, 4) is 0 Å². The molecule has 0 unspecified atom stereocenters. The summed E-state index contributed by atoms with van der Waals surface area (Å²) in [7, 11) is 0. The minimum atomic E-state index is -0.236. The zero-order valence-electron chi connectivity index (χ0n) is 8.35. The smallest absolute Gasteiger partial charge is 0.270 e. The lowest BCUT2D eigenvalue weighted by atomic mass is 10.7. The van der Waals surface area contributed by atoms with Crippen LogP contribution >= 0.6 is 23.4 Å². The summed E-state index contributed by atoms with van der Waals surface area (Å²) in [6.45, 7) is 2.41. The average molecular weight is 258 g/mol. The number of halogens is 1. The molecular formula is C8H8ClN5OS. The fourth-order valence-electron chi connectivity index (χ4n) is 1.13. The van der Waals surface area contributed by atoms with Gasteiger partial charge in [-0.15, -0.1) is 5.10 Å². The van der Waals surface area contributed by atoms with Gasteiger partial charge < -0.3 is 0 Å². The third-order valence-corrected chi connectivity index (χ3v) is 2.90. The predicted octanol–water partition coefficient (Wildman–Crippen LogP) is 1.19. The first-order valence-electron chi connectivity index (χ1n) is 4.51. The molecule has 8 heteroatoms. The molecule has 0 aliphatic rings. The van der Waals surface area contributed by atoms with Crippen LogP contribution in [0.2, 0.25) is 5.15 Å². The molecule has 0 amide bonds. The highest BCUT2D eigenvalue weighted by Gasteiger charge is 2.09. The monoisotopic (exact) mass is 257 g/mol. The molecule has 6 nitrogen and oxygen atoms in total. The van der Waals surface area contributed by atoms with Gasteiger partial charge in [0, 0.05) is 6.54 Å². The van der Waals surface area contributed by atoms with Crippen LogP contribution in [0.15, 0.2) is 27.4 Å². The van der Waals surface area contributed by atoms with Crippen molar-refractivity contribution in [1.82, 2.24) is 24.7 Å². The van der Waals surface area contributed by atoms with Crippen molar-refractivity contribution in [3.05, 3.63) is 28.0 Å². The Morgan fingerprint density at radius 2 is 2.38 bits per heavy atom. The van der Waals surface area contributed by atoms with Crippen molar-refractivity contribution in [2.24, 2.45) is 0 Å². The number of hydrogen-bond donors (Lipinski definition) is 1. The lowest BCUT2D eigenvalue weighted by Gasteiger charge is -2.00. The molecule has 1 N–H and O–H groups in total. The third kappa shape index (κ3) is 2.25. The Morgan fingerprint density at radius 1 is 1.56 bits per heavy atom. The number of rotatable bonds is 3. The molecule has 0 atom stereocenters. The normalized spacial score (nSPS) is 10.6. The third-order valence-electron chi connectivity index (χ3n) is 1.82. The van der Waals surface area contributed by atoms with Crippen LogP contribution in [-0.4, -0.2) is 24.7 Å². The summed E-state index contributed by atoms with van der Waals surface area (Å²) in [5.74, 6) is 0. The van der Waals surface area contributed by atoms with Crippen LogP contribution in [0.1, 0.15) is 6.92 Å². The zero-order chi connectivity index (χ0) is 11.5. The minimum absolute atomic E-state index is 0.236. The molecule has 0 saturated heterocycles. The molecule has 0 fully saturated rings.